The molecule has 0 fully saturated rings. The predicted molar refractivity (Wildman–Crippen MR) is 48.4 cm³/mol. The molecule has 0 aliphatic heterocycles. The first-order chi connectivity index (χ1) is 5.63. The van der Waals surface area contributed by atoms with Crippen LogP contribution in [0.4, 0.5) is 0 Å². The topological polar surface area (TPSA) is 30.0 Å². The summed E-state index contributed by atoms with van der Waals surface area (Å²) < 4.78 is 0. The van der Waals surface area contributed by atoms with Gasteiger partial charge in [-0.1, -0.05) is 25.4 Å². The van der Waals surface area contributed by atoms with Gasteiger partial charge < -0.3 is 0 Å². The molecule has 1 rings (SSSR count). The van der Waals surface area contributed by atoms with Gasteiger partial charge in [-0.25, -0.2) is 0 Å². The van der Waals surface area contributed by atoms with Crippen molar-refractivity contribution in [3.63, 3.8) is 0 Å². The van der Waals surface area contributed by atoms with E-state index >= 15 is 0 Å². The third-order valence-electron chi connectivity index (χ3n) is 1.56. The van der Waals surface area contributed by atoms with Crippen LogP contribution >= 0.6 is 11.6 Å². The summed E-state index contributed by atoms with van der Waals surface area (Å²) in [6, 6.07) is 1.64. The number of halogens is 1. The Hall–Kier alpha value is -0.890. The highest BCUT2D eigenvalue weighted by atomic mass is 35.5. The largest absolute Gasteiger partial charge is 0.294 e. The lowest BCUT2D eigenvalue weighted by Crippen LogP contribution is -2.07. The van der Waals surface area contributed by atoms with Crippen LogP contribution < -0.4 is 0 Å². The molecule has 0 amide bonds. The van der Waals surface area contributed by atoms with Gasteiger partial charge in [0.2, 0.25) is 0 Å². The zero-order valence-corrected chi connectivity index (χ0v) is 7.80. The van der Waals surface area contributed by atoms with E-state index in [2.05, 4.69) is 4.98 Å². The van der Waals surface area contributed by atoms with Gasteiger partial charge in [-0.3, -0.25) is 9.78 Å². The van der Waals surface area contributed by atoms with E-state index in [9.17, 15) is 4.79 Å². The molecule has 3 heteroatoms. The molecule has 12 heavy (non-hydrogen) atoms. The second-order valence-corrected chi connectivity index (χ2v) is 3.28. The van der Waals surface area contributed by atoms with E-state index in [0.29, 0.717) is 10.6 Å². The van der Waals surface area contributed by atoms with Crippen molar-refractivity contribution in [1.82, 2.24) is 4.98 Å². The molecule has 0 spiro atoms. The number of aromatic nitrogens is 1. The lowest BCUT2D eigenvalue weighted by atomic mass is 10.0. The van der Waals surface area contributed by atoms with Gasteiger partial charge in [0.05, 0.1) is 5.02 Å². The van der Waals surface area contributed by atoms with Crippen molar-refractivity contribution in [3.05, 3.63) is 29.0 Å². The smallest absolute Gasteiger partial charge is 0.166 e. The molecular formula is C9H10ClNO. The highest BCUT2D eigenvalue weighted by molar-refractivity contribution is 6.33. The Balaban J connectivity index is 3.03. The molecule has 0 aliphatic carbocycles. The summed E-state index contributed by atoms with van der Waals surface area (Å²) in [6.45, 7) is 3.69. The van der Waals surface area contributed by atoms with Crippen molar-refractivity contribution in [2.45, 2.75) is 13.8 Å². The number of hydrogen-bond donors (Lipinski definition) is 0. The third-order valence-corrected chi connectivity index (χ3v) is 1.86. The zero-order valence-electron chi connectivity index (χ0n) is 7.04. The van der Waals surface area contributed by atoms with Gasteiger partial charge in [-0.15, -0.1) is 0 Å². The standard InChI is InChI=1S/C9H10ClNO/c1-6(2)9(12)7-3-4-11-5-8(7)10/h3-6H,1-2H3. The Morgan fingerprint density at radius 1 is 1.58 bits per heavy atom. The van der Waals surface area contributed by atoms with Crippen molar-refractivity contribution < 1.29 is 4.79 Å². The Morgan fingerprint density at radius 3 is 2.75 bits per heavy atom. The van der Waals surface area contributed by atoms with Crippen LogP contribution in [0.1, 0.15) is 24.2 Å². The van der Waals surface area contributed by atoms with Crippen LogP contribution in [0.2, 0.25) is 5.02 Å². The van der Waals surface area contributed by atoms with Gasteiger partial charge in [0, 0.05) is 23.9 Å². The Bertz CT molecular complexity index is 296. The molecule has 0 aromatic carbocycles. The summed E-state index contributed by atoms with van der Waals surface area (Å²) in [6.07, 6.45) is 3.05. The normalized spacial score (nSPS) is 10.3. The number of carbonyl (C=O) groups excluding carboxylic acids is 1. The van der Waals surface area contributed by atoms with Gasteiger partial charge in [0.1, 0.15) is 0 Å². The van der Waals surface area contributed by atoms with Crippen LogP contribution in [0.5, 0.6) is 0 Å². The lowest BCUT2D eigenvalue weighted by Gasteiger charge is -2.04. The average molecular weight is 184 g/mol. The number of carbonyl (C=O) groups is 1. The monoisotopic (exact) mass is 183 g/mol. The first-order valence-corrected chi connectivity index (χ1v) is 4.14. The summed E-state index contributed by atoms with van der Waals surface area (Å²) in [7, 11) is 0. The summed E-state index contributed by atoms with van der Waals surface area (Å²) in [4.78, 5) is 15.3. The number of hydrogen-bond acceptors (Lipinski definition) is 2. The molecule has 0 unspecified atom stereocenters. The Morgan fingerprint density at radius 2 is 2.25 bits per heavy atom. The molecule has 1 aromatic heterocycles. The number of rotatable bonds is 2. The Kier molecular flexibility index (Phi) is 2.82. The number of nitrogens with zero attached hydrogens (tertiary/aromatic N) is 1. The van der Waals surface area contributed by atoms with Gasteiger partial charge >= 0.3 is 0 Å². The lowest BCUT2D eigenvalue weighted by molar-refractivity contribution is 0.0939. The molecule has 1 heterocycles. The van der Waals surface area contributed by atoms with Crippen molar-refractivity contribution in [2.75, 3.05) is 0 Å². The van der Waals surface area contributed by atoms with E-state index in [4.69, 9.17) is 11.6 Å². The molecule has 0 N–H and O–H groups in total. The minimum Gasteiger partial charge on any atom is -0.294 e. The van der Waals surface area contributed by atoms with Gasteiger partial charge in [-0.2, -0.15) is 0 Å². The van der Waals surface area contributed by atoms with Crippen molar-refractivity contribution in [3.8, 4) is 0 Å². The molecule has 1 aromatic rings. The van der Waals surface area contributed by atoms with E-state index in [-0.39, 0.29) is 11.7 Å². The maximum Gasteiger partial charge on any atom is 0.166 e. The average Bonchev–Trinajstić information content (AvgIpc) is 2.04. The second kappa shape index (κ2) is 3.68. The van der Waals surface area contributed by atoms with E-state index in [0.717, 1.165) is 0 Å². The van der Waals surface area contributed by atoms with Crippen molar-refractivity contribution in [2.24, 2.45) is 5.92 Å². The van der Waals surface area contributed by atoms with Crippen LogP contribution in [0.3, 0.4) is 0 Å². The minimum absolute atomic E-state index is 0.0232. The van der Waals surface area contributed by atoms with Crippen LogP contribution in [0.25, 0.3) is 0 Å². The molecule has 0 aliphatic rings. The summed E-state index contributed by atoms with van der Waals surface area (Å²) in [5.41, 5.74) is 0.557. The number of pyridine rings is 1. The molecule has 0 atom stereocenters. The molecule has 2 nitrogen and oxygen atoms in total. The van der Waals surface area contributed by atoms with E-state index in [1.807, 2.05) is 13.8 Å². The molecule has 64 valence electrons. The minimum atomic E-state index is -0.0232. The fourth-order valence-electron chi connectivity index (χ4n) is 0.886. The number of Topliss-reactive ketones (excluding diaryl/α,β-unsaturated/α-hetero) is 1. The maximum atomic E-state index is 11.5. The van der Waals surface area contributed by atoms with Crippen LogP contribution in [0.15, 0.2) is 18.5 Å². The van der Waals surface area contributed by atoms with E-state index < -0.39 is 0 Å². The zero-order chi connectivity index (χ0) is 9.14. The van der Waals surface area contributed by atoms with Gasteiger partial charge in [0.25, 0.3) is 0 Å². The first kappa shape index (κ1) is 9.20. The number of ketones is 1. The Labute approximate surface area is 76.6 Å². The first-order valence-electron chi connectivity index (χ1n) is 3.76. The quantitative estimate of drug-likeness (QED) is 0.660. The van der Waals surface area contributed by atoms with Gasteiger partial charge in [0.15, 0.2) is 5.78 Å². The van der Waals surface area contributed by atoms with E-state index in [1.54, 1.807) is 12.3 Å². The van der Waals surface area contributed by atoms with Crippen molar-refractivity contribution in [1.29, 1.82) is 0 Å². The summed E-state index contributed by atoms with van der Waals surface area (Å²) >= 11 is 5.78. The molecule has 0 saturated carbocycles. The highest BCUT2D eigenvalue weighted by Crippen LogP contribution is 2.17. The molecular weight excluding hydrogens is 174 g/mol. The molecule has 0 bridgehead atoms. The summed E-state index contributed by atoms with van der Waals surface area (Å²) in [5.74, 6) is 0.0345. The van der Waals surface area contributed by atoms with Gasteiger partial charge in [-0.05, 0) is 6.07 Å². The maximum absolute atomic E-state index is 11.5. The summed E-state index contributed by atoms with van der Waals surface area (Å²) in [5, 5.41) is 0.427. The molecule has 0 saturated heterocycles. The van der Waals surface area contributed by atoms with Crippen LogP contribution in [0, 0.1) is 5.92 Å². The van der Waals surface area contributed by atoms with Crippen LogP contribution in [-0.2, 0) is 0 Å². The predicted octanol–water partition coefficient (Wildman–Crippen LogP) is 2.57. The SMILES string of the molecule is CC(C)C(=O)c1ccncc1Cl. The van der Waals surface area contributed by atoms with Crippen molar-refractivity contribution >= 4 is 17.4 Å². The van der Waals surface area contributed by atoms with E-state index in [1.165, 1.54) is 6.20 Å². The highest BCUT2D eigenvalue weighted by Gasteiger charge is 2.12. The third kappa shape index (κ3) is 1.83. The fraction of sp³-hybridized carbons (Fsp3) is 0.333. The molecule has 0 radical (unpaired) electrons. The van der Waals surface area contributed by atoms with Crippen LogP contribution in [-0.4, -0.2) is 10.8 Å². The second-order valence-electron chi connectivity index (χ2n) is 2.87. The fourth-order valence-corrected chi connectivity index (χ4v) is 1.10.